The second-order valence-corrected chi connectivity index (χ2v) is 5.78. The van der Waals surface area contributed by atoms with Crippen LogP contribution in [-0.2, 0) is 4.79 Å². The van der Waals surface area contributed by atoms with Crippen LogP contribution in [0.5, 0.6) is 0 Å². The minimum atomic E-state index is -0.651. The highest BCUT2D eigenvalue weighted by Gasteiger charge is 2.45. The number of nitrogens with two attached hydrogens (primary N) is 1. The van der Waals surface area contributed by atoms with Gasteiger partial charge in [-0.3, -0.25) is 4.79 Å². The average Bonchev–Trinajstić information content (AvgIpc) is 2.24. The van der Waals surface area contributed by atoms with Gasteiger partial charge in [0.25, 0.3) is 0 Å². The Kier molecular flexibility index (Phi) is 4.95. The summed E-state index contributed by atoms with van der Waals surface area (Å²) in [7, 11) is 0. The van der Waals surface area contributed by atoms with E-state index in [1.807, 2.05) is 0 Å². The second kappa shape index (κ2) is 5.83. The van der Waals surface area contributed by atoms with Crippen molar-refractivity contribution >= 4 is 5.97 Å². The predicted molar refractivity (Wildman–Crippen MR) is 68.8 cm³/mol. The Morgan fingerprint density at radius 3 is 2.65 bits per heavy atom. The fourth-order valence-corrected chi connectivity index (χ4v) is 2.91. The molecule has 0 amide bonds. The van der Waals surface area contributed by atoms with E-state index in [0.29, 0.717) is 18.5 Å². The summed E-state index contributed by atoms with van der Waals surface area (Å²) in [5.41, 5.74) is 5.33. The van der Waals surface area contributed by atoms with Crippen molar-refractivity contribution in [2.24, 2.45) is 23.0 Å². The zero-order valence-electron chi connectivity index (χ0n) is 11.2. The van der Waals surface area contributed by atoms with Crippen LogP contribution in [0.4, 0.5) is 0 Å². The zero-order chi connectivity index (χ0) is 13.1. The Balaban J connectivity index is 2.61. The van der Waals surface area contributed by atoms with E-state index in [4.69, 9.17) is 5.73 Å². The van der Waals surface area contributed by atoms with E-state index < -0.39 is 5.97 Å². The molecule has 0 heterocycles. The minimum absolute atomic E-state index is 0.148. The van der Waals surface area contributed by atoms with Crippen LogP contribution in [0.15, 0.2) is 0 Å². The van der Waals surface area contributed by atoms with E-state index >= 15 is 0 Å². The van der Waals surface area contributed by atoms with Gasteiger partial charge in [-0.1, -0.05) is 20.8 Å². The van der Waals surface area contributed by atoms with E-state index in [-0.39, 0.29) is 11.3 Å². The van der Waals surface area contributed by atoms with E-state index in [1.54, 1.807) is 0 Å². The molecule has 0 saturated heterocycles. The Morgan fingerprint density at radius 1 is 1.47 bits per heavy atom. The number of carboxylic acid groups (broad SMARTS) is 1. The van der Waals surface area contributed by atoms with E-state index in [0.717, 1.165) is 25.8 Å². The Labute approximate surface area is 104 Å². The monoisotopic (exact) mass is 242 g/mol. The van der Waals surface area contributed by atoms with Crippen molar-refractivity contribution in [3.05, 3.63) is 0 Å². The lowest BCUT2D eigenvalue weighted by molar-refractivity contribution is -0.150. The number of nitrogens with one attached hydrogen (secondary N) is 1. The van der Waals surface area contributed by atoms with Gasteiger partial charge in [0, 0.05) is 6.04 Å². The number of aliphatic carboxylic acids is 1. The summed E-state index contributed by atoms with van der Waals surface area (Å²) in [4.78, 5) is 11.2. The molecule has 3 atom stereocenters. The summed E-state index contributed by atoms with van der Waals surface area (Å²) in [6, 6.07) is 0.423. The zero-order valence-corrected chi connectivity index (χ0v) is 11.2. The molecule has 0 aromatic rings. The molecular formula is C13H26N2O2. The highest BCUT2D eigenvalue weighted by Crippen LogP contribution is 2.44. The number of carboxylic acids is 1. The van der Waals surface area contributed by atoms with E-state index in [2.05, 4.69) is 26.1 Å². The Bertz CT molecular complexity index is 266. The lowest BCUT2D eigenvalue weighted by atomic mass is 9.61. The van der Waals surface area contributed by atoms with Crippen LogP contribution in [0.25, 0.3) is 0 Å². The van der Waals surface area contributed by atoms with Gasteiger partial charge in [0.15, 0.2) is 0 Å². The smallest absolute Gasteiger partial charge is 0.307 e. The van der Waals surface area contributed by atoms with Crippen molar-refractivity contribution in [1.82, 2.24) is 5.32 Å². The summed E-state index contributed by atoms with van der Waals surface area (Å²) in [5.74, 6) is -0.498. The van der Waals surface area contributed by atoms with E-state index in [9.17, 15) is 9.90 Å². The molecule has 1 fully saturated rings. The molecule has 0 aromatic carbocycles. The molecule has 1 rings (SSSR count). The topological polar surface area (TPSA) is 75.3 Å². The first kappa shape index (κ1) is 14.5. The molecule has 100 valence electrons. The van der Waals surface area contributed by atoms with Crippen LogP contribution in [-0.4, -0.2) is 30.2 Å². The molecule has 0 aliphatic heterocycles. The molecule has 4 heteroatoms. The highest BCUT2D eigenvalue weighted by molar-refractivity contribution is 5.71. The molecule has 1 saturated carbocycles. The second-order valence-electron chi connectivity index (χ2n) is 5.78. The summed E-state index contributed by atoms with van der Waals surface area (Å²) in [6.45, 7) is 7.95. The third kappa shape index (κ3) is 3.19. The number of hydrogen-bond donors (Lipinski definition) is 3. The molecule has 0 spiro atoms. The first-order valence-corrected chi connectivity index (χ1v) is 6.57. The van der Waals surface area contributed by atoms with Crippen molar-refractivity contribution in [3.63, 3.8) is 0 Å². The summed E-state index contributed by atoms with van der Waals surface area (Å²) >= 11 is 0. The highest BCUT2D eigenvalue weighted by atomic mass is 16.4. The van der Waals surface area contributed by atoms with Gasteiger partial charge in [-0.25, -0.2) is 0 Å². The van der Waals surface area contributed by atoms with Crippen molar-refractivity contribution in [2.45, 2.75) is 46.1 Å². The lowest BCUT2D eigenvalue weighted by Crippen LogP contribution is -2.51. The molecule has 0 aromatic heterocycles. The van der Waals surface area contributed by atoms with Crippen molar-refractivity contribution < 1.29 is 9.90 Å². The van der Waals surface area contributed by atoms with Crippen molar-refractivity contribution in [1.29, 1.82) is 0 Å². The van der Waals surface area contributed by atoms with Gasteiger partial charge in [0.2, 0.25) is 0 Å². The first-order chi connectivity index (χ1) is 7.91. The molecule has 17 heavy (non-hydrogen) atoms. The van der Waals surface area contributed by atoms with Gasteiger partial charge in [-0.05, 0) is 43.7 Å². The minimum Gasteiger partial charge on any atom is -0.481 e. The third-order valence-corrected chi connectivity index (χ3v) is 4.53. The molecule has 4 N–H and O–H groups in total. The maximum atomic E-state index is 11.2. The fraction of sp³-hybridized carbons (Fsp3) is 0.923. The van der Waals surface area contributed by atoms with Gasteiger partial charge in [-0.2, -0.15) is 0 Å². The maximum Gasteiger partial charge on any atom is 0.307 e. The van der Waals surface area contributed by atoms with Crippen LogP contribution < -0.4 is 11.1 Å². The van der Waals surface area contributed by atoms with Crippen LogP contribution >= 0.6 is 0 Å². The SMILES string of the molecule is CC1C(NCCCN)CCC(C(=O)O)C1(C)C. The Hall–Kier alpha value is -0.610. The quantitative estimate of drug-likeness (QED) is 0.638. The molecular weight excluding hydrogens is 216 g/mol. The van der Waals surface area contributed by atoms with Crippen LogP contribution in [0.3, 0.4) is 0 Å². The molecule has 0 bridgehead atoms. The van der Waals surface area contributed by atoms with E-state index in [1.165, 1.54) is 0 Å². The third-order valence-electron chi connectivity index (χ3n) is 4.53. The molecule has 0 radical (unpaired) electrons. The van der Waals surface area contributed by atoms with Gasteiger partial charge in [-0.15, -0.1) is 0 Å². The molecule has 3 unspecified atom stereocenters. The molecule has 1 aliphatic carbocycles. The first-order valence-electron chi connectivity index (χ1n) is 6.57. The van der Waals surface area contributed by atoms with Crippen LogP contribution in [0.1, 0.15) is 40.0 Å². The van der Waals surface area contributed by atoms with Crippen LogP contribution in [0.2, 0.25) is 0 Å². The van der Waals surface area contributed by atoms with Crippen molar-refractivity contribution in [2.75, 3.05) is 13.1 Å². The van der Waals surface area contributed by atoms with Gasteiger partial charge in [0.05, 0.1) is 5.92 Å². The van der Waals surface area contributed by atoms with Crippen LogP contribution in [0, 0.1) is 17.3 Å². The maximum absolute atomic E-state index is 11.2. The lowest BCUT2D eigenvalue weighted by Gasteiger charge is -2.46. The number of hydrogen-bond acceptors (Lipinski definition) is 3. The van der Waals surface area contributed by atoms with Gasteiger partial charge in [0.1, 0.15) is 0 Å². The Morgan fingerprint density at radius 2 is 2.12 bits per heavy atom. The summed E-state index contributed by atoms with van der Waals surface area (Å²) < 4.78 is 0. The largest absolute Gasteiger partial charge is 0.481 e. The van der Waals surface area contributed by atoms with Gasteiger partial charge < -0.3 is 16.2 Å². The summed E-state index contributed by atoms with van der Waals surface area (Å²) in [6.07, 6.45) is 2.70. The van der Waals surface area contributed by atoms with Crippen molar-refractivity contribution in [3.8, 4) is 0 Å². The standard InChI is InChI=1S/C13H26N2O2/c1-9-11(15-8-4-7-14)6-5-10(12(16)17)13(9,2)3/h9-11,15H,4-8,14H2,1-3H3,(H,16,17). The fourth-order valence-electron chi connectivity index (χ4n) is 2.91. The molecule has 4 nitrogen and oxygen atoms in total. The molecule has 1 aliphatic rings. The van der Waals surface area contributed by atoms with Gasteiger partial charge >= 0.3 is 5.97 Å². The summed E-state index contributed by atoms with van der Waals surface area (Å²) in [5, 5.41) is 12.8. The average molecular weight is 242 g/mol. The normalized spacial score (nSPS) is 32.4. The predicted octanol–water partition coefficient (Wildman–Crippen LogP) is 1.45. The number of carbonyl (C=O) groups is 1. The number of rotatable bonds is 5.